The van der Waals surface area contributed by atoms with E-state index in [9.17, 15) is 14.0 Å². The normalized spacial score (nSPS) is 17.9. The van der Waals surface area contributed by atoms with Gasteiger partial charge < -0.3 is 9.47 Å². The lowest BCUT2D eigenvalue weighted by atomic mass is 9.81. The Balaban J connectivity index is 2.16. The first-order valence-corrected chi connectivity index (χ1v) is 16.7. The molecule has 7 heteroatoms. The maximum Gasteiger partial charge on any atom is 0.435 e. The van der Waals surface area contributed by atoms with Gasteiger partial charge in [0, 0.05) is 11.1 Å². The quantitative estimate of drug-likeness (QED) is 0.172. The van der Waals surface area contributed by atoms with Crippen LogP contribution in [0.25, 0.3) is 5.57 Å². The molecule has 250 valence electrons. The topological polar surface area (TPSA) is 70.4 Å². The van der Waals surface area contributed by atoms with Gasteiger partial charge in [0.15, 0.2) is 5.78 Å². The third-order valence-electron chi connectivity index (χ3n) is 9.03. The second kappa shape index (κ2) is 15.7. The van der Waals surface area contributed by atoms with Gasteiger partial charge >= 0.3 is 6.09 Å². The molecule has 6 nitrogen and oxygen atoms in total. The summed E-state index contributed by atoms with van der Waals surface area (Å²) in [4.78, 5) is 27.4. The monoisotopic (exact) mass is 632 g/mol. The molecule has 1 aliphatic rings. The van der Waals surface area contributed by atoms with Crippen molar-refractivity contribution < 1.29 is 23.5 Å². The number of allylic oxidation sites excluding steroid dienone is 7. The number of rotatable bonds is 12. The molecule has 1 aromatic carbocycles. The fourth-order valence-corrected chi connectivity index (χ4v) is 5.67. The molecule has 1 aromatic heterocycles. The number of benzene rings is 1. The Labute approximate surface area is 275 Å². The van der Waals surface area contributed by atoms with E-state index in [4.69, 9.17) is 9.47 Å². The van der Waals surface area contributed by atoms with Gasteiger partial charge in [0.05, 0.1) is 24.4 Å². The van der Waals surface area contributed by atoms with Crippen molar-refractivity contribution in [1.29, 1.82) is 0 Å². The number of hydrogen-bond acceptors (Lipinski definition) is 5. The van der Waals surface area contributed by atoms with Gasteiger partial charge in [-0.05, 0) is 112 Å². The molecule has 0 aliphatic carbocycles. The van der Waals surface area contributed by atoms with Crippen LogP contribution in [0.4, 0.5) is 9.18 Å². The highest BCUT2D eigenvalue weighted by Gasteiger charge is 2.31. The molecule has 2 heterocycles. The van der Waals surface area contributed by atoms with E-state index in [2.05, 4.69) is 59.3 Å². The van der Waals surface area contributed by atoms with Crippen LogP contribution >= 0.6 is 0 Å². The zero-order valence-electron chi connectivity index (χ0n) is 29.5. The summed E-state index contributed by atoms with van der Waals surface area (Å²) in [6.45, 7) is 24.8. The summed E-state index contributed by atoms with van der Waals surface area (Å²) in [5.74, 6) is 0.0937. The largest absolute Gasteiger partial charge is 0.493 e. The number of aromatic nitrogens is 2. The third-order valence-corrected chi connectivity index (χ3v) is 9.03. The van der Waals surface area contributed by atoms with Crippen molar-refractivity contribution in [3.05, 3.63) is 88.6 Å². The SMILES string of the molecule is C=C(C(=C\C=C(\c1cnn(C(=O)OC(C)(C)C)c1C(C)CC)C(C)CC)/C(=C\C)C(=O)C1COc2ccc(F)cc2C1)C(C)CC. The maximum absolute atomic E-state index is 14.2. The van der Waals surface area contributed by atoms with Crippen LogP contribution in [-0.4, -0.2) is 33.9 Å². The zero-order valence-corrected chi connectivity index (χ0v) is 29.5. The zero-order chi connectivity index (χ0) is 34.3. The van der Waals surface area contributed by atoms with Crippen LogP contribution in [0.1, 0.15) is 111 Å². The summed E-state index contributed by atoms with van der Waals surface area (Å²) in [5, 5.41) is 4.53. The molecule has 0 fully saturated rings. The highest BCUT2D eigenvalue weighted by Crippen LogP contribution is 2.37. The van der Waals surface area contributed by atoms with Gasteiger partial charge in [-0.25, -0.2) is 9.18 Å². The molecule has 0 bridgehead atoms. The predicted molar refractivity (Wildman–Crippen MR) is 185 cm³/mol. The van der Waals surface area contributed by atoms with E-state index in [1.165, 1.54) is 16.8 Å². The second-order valence-electron chi connectivity index (χ2n) is 13.5. The van der Waals surface area contributed by atoms with Crippen LogP contribution in [0.2, 0.25) is 0 Å². The van der Waals surface area contributed by atoms with Crippen molar-refractivity contribution in [3.8, 4) is 5.75 Å². The molecule has 0 radical (unpaired) electrons. The number of hydrogen-bond donors (Lipinski definition) is 0. The Kier molecular flexibility index (Phi) is 12.5. The molecule has 4 unspecified atom stereocenters. The van der Waals surface area contributed by atoms with Gasteiger partial charge in [-0.15, -0.1) is 0 Å². The van der Waals surface area contributed by atoms with Gasteiger partial charge in [-0.1, -0.05) is 66.3 Å². The van der Waals surface area contributed by atoms with Crippen molar-refractivity contribution in [1.82, 2.24) is 9.78 Å². The fourth-order valence-electron chi connectivity index (χ4n) is 5.67. The Morgan fingerprint density at radius 2 is 1.76 bits per heavy atom. The minimum atomic E-state index is -0.658. The summed E-state index contributed by atoms with van der Waals surface area (Å²) in [6.07, 6.45) is 10.1. The van der Waals surface area contributed by atoms with Crippen LogP contribution in [0, 0.1) is 23.6 Å². The first kappa shape index (κ1) is 36.7. The van der Waals surface area contributed by atoms with E-state index in [1.54, 1.807) is 12.3 Å². The van der Waals surface area contributed by atoms with E-state index in [0.717, 1.165) is 47.2 Å². The Morgan fingerprint density at radius 3 is 2.35 bits per heavy atom. The number of ether oxygens (including phenoxy) is 2. The molecular formula is C39H53FN2O4. The average molecular weight is 633 g/mol. The first-order valence-electron chi connectivity index (χ1n) is 16.7. The molecule has 1 aliphatic heterocycles. The van der Waals surface area contributed by atoms with Crippen molar-refractivity contribution in [2.45, 2.75) is 106 Å². The third kappa shape index (κ3) is 8.54. The van der Waals surface area contributed by atoms with Crippen molar-refractivity contribution in [3.63, 3.8) is 0 Å². The van der Waals surface area contributed by atoms with Crippen LogP contribution in [0.15, 0.2) is 65.9 Å². The highest BCUT2D eigenvalue weighted by atomic mass is 19.1. The molecule has 4 atom stereocenters. The van der Waals surface area contributed by atoms with Gasteiger partial charge in [0.25, 0.3) is 0 Å². The molecule has 0 saturated carbocycles. The Hall–Kier alpha value is -3.74. The Bertz CT molecular complexity index is 1520. The molecule has 0 spiro atoms. The number of Topliss-reactive ketones (excluding diaryl/α,β-unsaturated/α-hetero) is 1. The maximum atomic E-state index is 14.2. The molecule has 0 N–H and O–H groups in total. The lowest BCUT2D eigenvalue weighted by Crippen LogP contribution is -2.30. The van der Waals surface area contributed by atoms with E-state index in [-0.39, 0.29) is 36.0 Å². The van der Waals surface area contributed by atoms with E-state index in [1.807, 2.05) is 39.8 Å². The Morgan fingerprint density at radius 1 is 1.09 bits per heavy atom. The van der Waals surface area contributed by atoms with E-state index >= 15 is 0 Å². The molecule has 0 amide bonds. The lowest BCUT2D eigenvalue weighted by Gasteiger charge is -2.27. The average Bonchev–Trinajstić information content (AvgIpc) is 3.46. The van der Waals surface area contributed by atoms with Gasteiger partial charge in [0.1, 0.15) is 17.2 Å². The number of nitrogens with zero attached hydrogens (tertiary/aromatic N) is 2. The lowest BCUT2D eigenvalue weighted by molar-refractivity contribution is -0.120. The highest BCUT2D eigenvalue weighted by molar-refractivity contribution is 6.02. The van der Waals surface area contributed by atoms with E-state index < -0.39 is 17.6 Å². The standard InChI is InChI=1S/C39H53FN2O4/c1-12-24(5)27(8)33(31(15-4)37(43)29-20-28-21-30(40)16-19-35(28)45-23-29)18-17-32(25(6)13-2)34-22-41-42(36(34)26(7)14-3)38(44)46-39(9,10)11/h15-19,21-22,24-26,29H,8,12-14,20,23H2,1-7,9-11H3/b31-15+,32-17+,33-18+. The van der Waals surface area contributed by atoms with Crippen molar-refractivity contribution in [2.24, 2.45) is 17.8 Å². The summed E-state index contributed by atoms with van der Waals surface area (Å²) in [5.41, 5.74) is 4.99. The van der Waals surface area contributed by atoms with Crippen LogP contribution in [0.3, 0.4) is 0 Å². The molecule has 0 saturated heterocycles. The van der Waals surface area contributed by atoms with Gasteiger partial charge in [0.2, 0.25) is 0 Å². The second-order valence-corrected chi connectivity index (χ2v) is 13.5. The van der Waals surface area contributed by atoms with Crippen molar-refractivity contribution in [2.75, 3.05) is 6.61 Å². The van der Waals surface area contributed by atoms with E-state index in [0.29, 0.717) is 23.3 Å². The predicted octanol–water partition coefficient (Wildman–Crippen LogP) is 10.0. The first-order chi connectivity index (χ1) is 21.7. The van der Waals surface area contributed by atoms with Crippen molar-refractivity contribution >= 4 is 17.4 Å². The molecular weight excluding hydrogens is 579 g/mol. The number of ketones is 1. The van der Waals surface area contributed by atoms with Gasteiger partial charge in [-0.2, -0.15) is 9.78 Å². The van der Waals surface area contributed by atoms with Crippen LogP contribution in [0.5, 0.6) is 5.75 Å². The smallest absolute Gasteiger partial charge is 0.435 e. The molecule has 3 rings (SSSR count). The minimum Gasteiger partial charge on any atom is -0.493 e. The van der Waals surface area contributed by atoms with Crippen LogP contribution < -0.4 is 4.74 Å². The summed E-state index contributed by atoms with van der Waals surface area (Å²) in [6, 6.07) is 4.45. The molecule has 2 aromatic rings. The summed E-state index contributed by atoms with van der Waals surface area (Å²) < 4.78 is 27.0. The van der Waals surface area contributed by atoms with Gasteiger partial charge in [-0.3, -0.25) is 4.79 Å². The number of carbonyl (C=O) groups excluding carboxylic acids is 2. The summed E-state index contributed by atoms with van der Waals surface area (Å²) >= 11 is 0. The number of fused-ring (bicyclic) bond motifs is 1. The fraction of sp³-hybridized carbons (Fsp3) is 0.513. The minimum absolute atomic E-state index is 0.0442. The summed E-state index contributed by atoms with van der Waals surface area (Å²) in [7, 11) is 0. The number of halogens is 1. The number of carbonyl (C=O) groups is 2. The molecule has 46 heavy (non-hydrogen) atoms. The van der Waals surface area contributed by atoms with Crippen LogP contribution in [-0.2, 0) is 16.0 Å².